The van der Waals surface area contributed by atoms with E-state index in [9.17, 15) is 9.59 Å². The van der Waals surface area contributed by atoms with Gasteiger partial charge in [0.05, 0.1) is 25.2 Å². The minimum absolute atomic E-state index is 0.0105. The first-order valence-corrected chi connectivity index (χ1v) is 9.87. The quantitative estimate of drug-likeness (QED) is 0.793. The first-order valence-electron chi connectivity index (χ1n) is 9.87. The molecule has 2 aliphatic heterocycles. The van der Waals surface area contributed by atoms with Gasteiger partial charge in [-0.15, -0.1) is 0 Å². The number of amides is 2. The highest BCUT2D eigenvalue weighted by Gasteiger charge is 2.47. The number of likely N-dealkylation sites (N-methyl/N-ethyl adjacent to an activating group) is 1. The van der Waals surface area contributed by atoms with E-state index in [1.807, 2.05) is 31.3 Å². The van der Waals surface area contributed by atoms with E-state index in [1.165, 1.54) is 0 Å². The van der Waals surface area contributed by atoms with Crippen molar-refractivity contribution in [1.29, 1.82) is 0 Å². The molecule has 0 saturated carbocycles. The fourth-order valence-electron chi connectivity index (χ4n) is 4.40. The lowest BCUT2D eigenvalue weighted by molar-refractivity contribution is -0.156. The van der Waals surface area contributed by atoms with Crippen LogP contribution in [0.5, 0.6) is 5.75 Å². The number of para-hydroxylation sites is 1. The number of ether oxygens (including phenoxy) is 2. The van der Waals surface area contributed by atoms with Gasteiger partial charge in [0.1, 0.15) is 5.75 Å². The second kappa shape index (κ2) is 8.92. The molecular weight excluding hydrogens is 358 g/mol. The molecule has 0 aliphatic carbocycles. The Morgan fingerprint density at radius 3 is 2.64 bits per heavy atom. The zero-order valence-corrected chi connectivity index (χ0v) is 17.1. The smallest absolute Gasteiger partial charge is 0.234 e. The van der Waals surface area contributed by atoms with Crippen molar-refractivity contribution in [3.63, 3.8) is 0 Å². The molecule has 28 heavy (non-hydrogen) atoms. The van der Waals surface area contributed by atoms with Gasteiger partial charge >= 0.3 is 0 Å². The van der Waals surface area contributed by atoms with Crippen LogP contribution in [0.2, 0.25) is 0 Å². The number of piperidine rings is 2. The van der Waals surface area contributed by atoms with Crippen LogP contribution in [0.25, 0.3) is 0 Å². The average Bonchev–Trinajstić information content (AvgIpc) is 2.72. The van der Waals surface area contributed by atoms with Crippen LogP contribution >= 0.6 is 0 Å². The van der Waals surface area contributed by atoms with Gasteiger partial charge in [-0.25, -0.2) is 0 Å². The molecule has 0 aromatic heterocycles. The number of nitrogens with one attached hydrogen (secondary N) is 1. The monoisotopic (exact) mass is 389 g/mol. The molecule has 154 valence electrons. The molecule has 7 heteroatoms. The van der Waals surface area contributed by atoms with Crippen molar-refractivity contribution in [2.24, 2.45) is 5.41 Å². The maximum Gasteiger partial charge on any atom is 0.234 e. The minimum Gasteiger partial charge on any atom is -0.496 e. The first kappa shape index (κ1) is 20.6. The van der Waals surface area contributed by atoms with E-state index in [1.54, 1.807) is 19.1 Å². The zero-order chi connectivity index (χ0) is 20.1. The number of hydrogen-bond acceptors (Lipinski definition) is 5. The van der Waals surface area contributed by atoms with Crippen molar-refractivity contribution in [1.82, 2.24) is 15.1 Å². The molecule has 1 spiro atoms. The Morgan fingerprint density at radius 1 is 1.25 bits per heavy atom. The average molecular weight is 389 g/mol. The molecule has 2 fully saturated rings. The standard InChI is InChI=1S/C21H31N3O4/c1-23-14-17(27-2)12-21(20(23)26)8-10-24(11-9-21)15-19(25)22-13-16-6-4-5-7-18(16)28-3/h4-7,17H,8-15H2,1-3H3,(H,22,25). The number of methoxy groups -OCH3 is 2. The Kier molecular flexibility index (Phi) is 6.57. The molecule has 2 saturated heterocycles. The molecule has 1 N–H and O–H groups in total. The fraction of sp³-hybridized carbons (Fsp3) is 0.619. The summed E-state index contributed by atoms with van der Waals surface area (Å²) < 4.78 is 10.9. The Balaban J connectivity index is 1.50. The van der Waals surface area contributed by atoms with Crippen LogP contribution in [0.1, 0.15) is 24.8 Å². The summed E-state index contributed by atoms with van der Waals surface area (Å²) in [5.74, 6) is 0.986. The summed E-state index contributed by atoms with van der Waals surface area (Å²) in [5, 5.41) is 2.97. The number of benzene rings is 1. The molecule has 1 aromatic carbocycles. The van der Waals surface area contributed by atoms with E-state index >= 15 is 0 Å². The zero-order valence-electron chi connectivity index (χ0n) is 17.1. The number of rotatable bonds is 6. The van der Waals surface area contributed by atoms with E-state index in [-0.39, 0.29) is 23.3 Å². The van der Waals surface area contributed by atoms with Gasteiger partial charge in [-0.05, 0) is 38.4 Å². The number of carbonyl (C=O) groups is 2. The maximum atomic E-state index is 12.8. The molecule has 2 aliphatic rings. The summed E-state index contributed by atoms with van der Waals surface area (Å²) in [7, 11) is 5.19. The van der Waals surface area contributed by atoms with Crippen molar-refractivity contribution in [3.05, 3.63) is 29.8 Å². The summed E-state index contributed by atoms with van der Waals surface area (Å²) in [5.41, 5.74) is 0.621. The Morgan fingerprint density at radius 2 is 1.96 bits per heavy atom. The third-order valence-electron chi connectivity index (χ3n) is 6.08. The topological polar surface area (TPSA) is 71.1 Å². The molecule has 2 amide bonds. The summed E-state index contributed by atoms with van der Waals surface area (Å²) in [6, 6.07) is 7.67. The van der Waals surface area contributed by atoms with Crippen molar-refractivity contribution in [2.75, 3.05) is 47.4 Å². The Bertz CT molecular complexity index is 701. The van der Waals surface area contributed by atoms with Crippen LogP contribution in [0.3, 0.4) is 0 Å². The number of likely N-dealkylation sites (tertiary alicyclic amines) is 2. The summed E-state index contributed by atoms with van der Waals surface area (Å²) in [6.45, 7) is 2.95. The second-order valence-corrected chi connectivity index (χ2v) is 7.89. The van der Waals surface area contributed by atoms with Gasteiger partial charge in [0.15, 0.2) is 0 Å². The molecule has 2 heterocycles. The van der Waals surface area contributed by atoms with Gasteiger partial charge in [0.25, 0.3) is 0 Å². The largest absolute Gasteiger partial charge is 0.496 e. The van der Waals surface area contributed by atoms with Crippen LogP contribution < -0.4 is 10.1 Å². The van der Waals surface area contributed by atoms with Gasteiger partial charge < -0.3 is 19.7 Å². The van der Waals surface area contributed by atoms with Crippen LogP contribution in [-0.2, 0) is 20.9 Å². The Labute approximate surface area is 167 Å². The number of hydrogen-bond donors (Lipinski definition) is 1. The predicted molar refractivity (Wildman–Crippen MR) is 106 cm³/mol. The molecule has 0 bridgehead atoms. The molecular formula is C21H31N3O4. The summed E-state index contributed by atoms with van der Waals surface area (Å²) in [6.07, 6.45) is 2.42. The SMILES string of the molecule is COc1ccccc1CNC(=O)CN1CCC2(CC1)CC(OC)CN(C)C2=O. The molecule has 1 atom stereocenters. The molecule has 3 rings (SSSR count). The van der Waals surface area contributed by atoms with E-state index in [4.69, 9.17) is 9.47 Å². The van der Waals surface area contributed by atoms with E-state index in [0.29, 0.717) is 19.6 Å². The lowest BCUT2D eigenvalue weighted by Gasteiger charge is -2.47. The lowest BCUT2D eigenvalue weighted by Crippen LogP contribution is -2.57. The fourth-order valence-corrected chi connectivity index (χ4v) is 4.40. The van der Waals surface area contributed by atoms with Crippen molar-refractivity contribution < 1.29 is 19.1 Å². The van der Waals surface area contributed by atoms with E-state index < -0.39 is 0 Å². The van der Waals surface area contributed by atoms with Gasteiger partial charge in [-0.1, -0.05) is 18.2 Å². The molecule has 1 unspecified atom stereocenters. The van der Waals surface area contributed by atoms with E-state index in [2.05, 4.69) is 10.2 Å². The van der Waals surface area contributed by atoms with Crippen LogP contribution in [0.4, 0.5) is 0 Å². The van der Waals surface area contributed by atoms with Gasteiger partial charge in [-0.2, -0.15) is 0 Å². The van der Waals surface area contributed by atoms with Crippen LogP contribution in [0, 0.1) is 5.41 Å². The van der Waals surface area contributed by atoms with Crippen molar-refractivity contribution >= 4 is 11.8 Å². The normalized spacial score (nSPS) is 22.3. The highest BCUT2D eigenvalue weighted by atomic mass is 16.5. The summed E-state index contributed by atoms with van der Waals surface area (Å²) >= 11 is 0. The Hall–Kier alpha value is -2.12. The number of nitrogens with zero attached hydrogens (tertiary/aromatic N) is 2. The van der Waals surface area contributed by atoms with Crippen molar-refractivity contribution in [2.45, 2.75) is 31.9 Å². The third kappa shape index (κ3) is 4.47. The minimum atomic E-state index is -0.335. The number of carbonyl (C=O) groups excluding carboxylic acids is 2. The highest BCUT2D eigenvalue weighted by molar-refractivity contribution is 5.83. The predicted octanol–water partition coefficient (Wildman–Crippen LogP) is 1.27. The van der Waals surface area contributed by atoms with Gasteiger partial charge in [-0.3, -0.25) is 14.5 Å². The third-order valence-corrected chi connectivity index (χ3v) is 6.08. The highest BCUT2D eigenvalue weighted by Crippen LogP contribution is 2.41. The van der Waals surface area contributed by atoms with Gasteiger partial charge in [0, 0.05) is 32.8 Å². The van der Waals surface area contributed by atoms with Crippen molar-refractivity contribution in [3.8, 4) is 5.75 Å². The second-order valence-electron chi connectivity index (χ2n) is 7.89. The lowest BCUT2D eigenvalue weighted by atomic mass is 9.71. The van der Waals surface area contributed by atoms with Crippen LogP contribution in [0.15, 0.2) is 24.3 Å². The molecule has 7 nitrogen and oxygen atoms in total. The summed E-state index contributed by atoms with van der Waals surface area (Å²) in [4.78, 5) is 29.1. The first-order chi connectivity index (χ1) is 13.5. The van der Waals surface area contributed by atoms with E-state index in [0.717, 1.165) is 43.7 Å². The maximum absolute atomic E-state index is 12.8. The van der Waals surface area contributed by atoms with Gasteiger partial charge in [0.2, 0.25) is 11.8 Å². The van der Waals surface area contributed by atoms with Crippen LogP contribution in [-0.4, -0.2) is 75.2 Å². The molecule has 1 aromatic rings. The molecule has 0 radical (unpaired) electrons.